The molecule has 0 aromatic carbocycles. The maximum absolute atomic E-state index is 10.6. The molecule has 5 nitrogen and oxygen atoms in total. The van der Waals surface area contributed by atoms with E-state index in [0.29, 0.717) is 12.1 Å². The Kier molecular flexibility index (Phi) is 3.32. The molecule has 13 heavy (non-hydrogen) atoms. The summed E-state index contributed by atoms with van der Waals surface area (Å²) in [6.07, 6.45) is 6.15. The van der Waals surface area contributed by atoms with Crippen LogP contribution >= 0.6 is 0 Å². The van der Waals surface area contributed by atoms with Crippen LogP contribution in [-0.2, 0) is 20.7 Å². The largest absolute Gasteiger partial charge is 0.270 e. The van der Waals surface area contributed by atoms with Gasteiger partial charge in [-0.05, 0) is 0 Å². The highest BCUT2D eigenvalue weighted by atomic mass is 32.2. The van der Waals surface area contributed by atoms with Crippen LogP contribution in [0.25, 0.3) is 0 Å². The quantitative estimate of drug-likeness (QED) is 0.642. The average molecular weight is 202 g/mol. The lowest BCUT2D eigenvalue weighted by Gasteiger charge is -1.99. The molecule has 0 aliphatic carbocycles. The summed E-state index contributed by atoms with van der Waals surface area (Å²) in [5.74, 6) is 0. The van der Waals surface area contributed by atoms with E-state index >= 15 is 0 Å². The van der Waals surface area contributed by atoms with Gasteiger partial charge in [0.1, 0.15) is 0 Å². The van der Waals surface area contributed by atoms with E-state index in [1.54, 1.807) is 18.6 Å². The van der Waals surface area contributed by atoms with Crippen LogP contribution in [0.1, 0.15) is 5.69 Å². The van der Waals surface area contributed by atoms with Crippen molar-refractivity contribution in [1.29, 1.82) is 0 Å². The SMILES string of the molecule is CS(=O)(=O)OCCc1cnccn1. The smallest absolute Gasteiger partial charge is 0.264 e. The van der Waals surface area contributed by atoms with Crippen LogP contribution in [0.3, 0.4) is 0 Å². The van der Waals surface area contributed by atoms with Crippen LogP contribution in [0.2, 0.25) is 0 Å². The lowest BCUT2D eigenvalue weighted by atomic mass is 10.3. The average Bonchev–Trinajstić information content (AvgIpc) is 2.04. The third-order valence-corrected chi connectivity index (χ3v) is 1.87. The summed E-state index contributed by atoms with van der Waals surface area (Å²) in [6, 6.07) is 0. The first-order valence-corrected chi connectivity index (χ1v) is 5.49. The molecule has 72 valence electrons. The van der Waals surface area contributed by atoms with Crippen LogP contribution in [0, 0.1) is 0 Å². The molecule has 0 atom stereocenters. The Labute approximate surface area is 76.9 Å². The van der Waals surface area contributed by atoms with Crippen molar-refractivity contribution in [3.05, 3.63) is 24.3 Å². The summed E-state index contributed by atoms with van der Waals surface area (Å²) in [7, 11) is -3.34. The Bertz CT molecular complexity index is 349. The third-order valence-electron chi connectivity index (χ3n) is 1.27. The second kappa shape index (κ2) is 4.29. The predicted molar refractivity (Wildman–Crippen MR) is 46.5 cm³/mol. The van der Waals surface area contributed by atoms with Crippen molar-refractivity contribution in [3.8, 4) is 0 Å². The highest BCUT2D eigenvalue weighted by Crippen LogP contribution is 1.94. The zero-order chi connectivity index (χ0) is 9.73. The van der Waals surface area contributed by atoms with E-state index in [1.165, 1.54) is 0 Å². The molecule has 0 spiro atoms. The first kappa shape index (κ1) is 10.1. The number of aromatic nitrogens is 2. The van der Waals surface area contributed by atoms with Crippen molar-refractivity contribution in [3.63, 3.8) is 0 Å². The molecule has 1 aromatic rings. The van der Waals surface area contributed by atoms with Crippen LogP contribution in [0.5, 0.6) is 0 Å². The molecule has 1 aromatic heterocycles. The second-order valence-corrected chi connectivity index (χ2v) is 4.12. The number of hydrogen-bond donors (Lipinski definition) is 0. The van der Waals surface area contributed by atoms with Gasteiger partial charge >= 0.3 is 0 Å². The Hall–Kier alpha value is -1.01. The van der Waals surface area contributed by atoms with Gasteiger partial charge in [0.05, 0.1) is 18.6 Å². The minimum absolute atomic E-state index is 0.109. The summed E-state index contributed by atoms with van der Waals surface area (Å²) in [6.45, 7) is 0.109. The minimum Gasteiger partial charge on any atom is -0.270 e. The summed E-state index contributed by atoms with van der Waals surface area (Å²) < 4.78 is 25.7. The molecule has 6 heteroatoms. The standard InChI is InChI=1S/C7H10N2O3S/c1-13(10,11)12-5-2-7-6-8-3-4-9-7/h3-4,6H,2,5H2,1H3. The Morgan fingerprint density at radius 2 is 2.23 bits per heavy atom. The van der Waals surface area contributed by atoms with E-state index in [9.17, 15) is 8.42 Å². The van der Waals surface area contributed by atoms with Gasteiger partial charge in [-0.2, -0.15) is 8.42 Å². The van der Waals surface area contributed by atoms with E-state index < -0.39 is 10.1 Å². The fraction of sp³-hybridized carbons (Fsp3) is 0.429. The fourth-order valence-electron chi connectivity index (χ4n) is 0.757. The molecule has 0 aliphatic rings. The van der Waals surface area contributed by atoms with Gasteiger partial charge in [0.15, 0.2) is 0 Å². The van der Waals surface area contributed by atoms with Gasteiger partial charge in [-0.25, -0.2) is 0 Å². The zero-order valence-corrected chi connectivity index (χ0v) is 7.99. The summed E-state index contributed by atoms with van der Waals surface area (Å²) in [5.41, 5.74) is 0.714. The topological polar surface area (TPSA) is 69.2 Å². The molecule has 0 saturated heterocycles. The lowest BCUT2D eigenvalue weighted by Crippen LogP contribution is -2.06. The Morgan fingerprint density at radius 1 is 1.46 bits per heavy atom. The van der Waals surface area contributed by atoms with Crippen molar-refractivity contribution >= 4 is 10.1 Å². The van der Waals surface area contributed by atoms with Gasteiger partial charge in [0, 0.05) is 25.0 Å². The van der Waals surface area contributed by atoms with Crippen LogP contribution in [0.4, 0.5) is 0 Å². The van der Waals surface area contributed by atoms with E-state index in [-0.39, 0.29) is 6.61 Å². The molecule has 0 saturated carbocycles. The molecule has 0 aliphatic heterocycles. The maximum Gasteiger partial charge on any atom is 0.264 e. The lowest BCUT2D eigenvalue weighted by molar-refractivity contribution is 0.324. The molecule has 0 N–H and O–H groups in total. The van der Waals surface area contributed by atoms with Gasteiger partial charge in [-0.3, -0.25) is 14.2 Å². The van der Waals surface area contributed by atoms with Crippen LogP contribution in [-0.4, -0.2) is 31.2 Å². The van der Waals surface area contributed by atoms with Crippen molar-refractivity contribution in [2.45, 2.75) is 6.42 Å². The minimum atomic E-state index is -3.34. The highest BCUT2D eigenvalue weighted by molar-refractivity contribution is 7.85. The summed E-state index contributed by atoms with van der Waals surface area (Å²) >= 11 is 0. The Morgan fingerprint density at radius 3 is 2.77 bits per heavy atom. The molecule has 0 bridgehead atoms. The number of hydrogen-bond acceptors (Lipinski definition) is 5. The molecule has 0 radical (unpaired) electrons. The fourth-order valence-corrected chi connectivity index (χ4v) is 1.14. The number of nitrogens with zero attached hydrogens (tertiary/aromatic N) is 2. The molecule has 0 fully saturated rings. The van der Waals surface area contributed by atoms with E-state index in [1.807, 2.05) is 0 Å². The zero-order valence-electron chi connectivity index (χ0n) is 7.17. The molecule has 1 heterocycles. The molecule has 0 amide bonds. The highest BCUT2D eigenvalue weighted by Gasteiger charge is 2.01. The summed E-state index contributed by atoms with van der Waals surface area (Å²) in [5, 5.41) is 0. The van der Waals surface area contributed by atoms with Gasteiger partial charge in [0.2, 0.25) is 0 Å². The number of rotatable bonds is 4. The first-order chi connectivity index (χ1) is 6.08. The van der Waals surface area contributed by atoms with Crippen molar-refractivity contribution in [2.24, 2.45) is 0 Å². The monoisotopic (exact) mass is 202 g/mol. The van der Waals surface area contributed by atoms with Gasteiger partial charge in [-0.15, -0.1) is 0 Å². The maximum atomic E-state index is 10.6. The summed E-state index contributed by atoms with van der Waals surface area (Å²) in [4.78, 5) is 7.79. The molecule has 1 rings (SSSR count). The van der Waals surface area contributed by atoms with Crippen molar-refractivity contribution in [1.82, 2.24) is 9.97 Å². The Balaban J connectivity index is 2.37. The van der Waals surface area contributed by atoms with Crippen molar-refractivity contribution in [2.75, 3.05) is 12.9 Å². The normalized spacial score (nSPS) is 11.5. The molecule has 0 unspecified atom stereocenters. The van der Waals surface area contributed by atoms with E-state index in [0.717, 1.165) is 6.26 Å². The molecular weight excluding hydrogens is 192 g/mol. The van der Waals surface area contributed by atoms with Gasteiger partial charge < -0.3 is 0 Å². The van der Waals surface area contributed by atoms with Crippen LogP contribution < -0.4 is 0 Å². The van der Waals surface area contributed by atoms with Crippen molar-refractivity contribution < 1.29 is 12.6 Å². The van der Waals surface area contributed by atoms with Gasteiger partial charge in [0.25, 0.3) is 10.1 Å². The first-order valence-electron chi connectivity index (χ1n) is 3.67. The third kappa shape index (κ3) is 4.54. The van der Waals surface area contributed by atoms with Crippen LogP contribution in [0.15, 0.2) is 18.6 Å². The van der Waals surface area contributed by atoms with E-state index in [2.05, 4.69) is 14.2 Å². The molecular formula is C7H10N2O3S. The second-order valence-electron chi connectivity index (χ2n) is 2.47. The van der Waals surface area contributed by atoms with E-state index in [4.69, 9.17) is 0 Å². The predicted octanol–water partition coefficient (Wildman–Crippen LogP) is -0.00470. The van der Waals surface area contributed by atoms with Gasteiger partial charge in [-0.1, -0.05) is 0 Å².